The number of allylic oxidation sites excluding steroid dienone is 1. The van der Waals surface area contributed by atoms with E-state index < -0.39 is 0 Å². The SMILES string of the molecule is [CH]=C(C#N)CC. The van der Waals surface area contributed by atoms with Crippen LogP contribution in [-0.4, -0.2) is 0 Å². The fourth-order valence-corrected chi connectivity index (χ4v) is 0.0791. The normalized spacial score (nSPS) is 6.67. The third kappa shape index (κ3) is 1.54. The van der Waals surface area contributed by atoms with Gasteiger partial charge in [-0.25, -0.2) is 0 Å². The Morgan fingerprint density at radius 1 is 2.00 bits per heavy atom. The Bertz CT molecular complexity index is 86.6. The molecular weight excluding hydrogens is 74.1 g/mol. The largest absolute Gasteiger partial charge is 0.193 e. The lowest BCUT2D eigenvalue weighted by Crippen LogP contribution is -1.64. The summed E-state index contributed by atoms with van der Waals surface area (Å²) in [6.07, 6.45) is 0.663. The molecule has 6 heavy (non-hydrogen) atoms. The molecule has 31 valence electrons. The molecule has 1 radical (unpaired) electrons. The standard InChI is InChI=1S/C5H6N/c1-3-5(2)4-6/h2H,3H2,1H3. The maximum absolute atomic E-state index is 7.92. The van der Waals surface area contributed by atoms with Gasteiger partial charge in [0, 0.05) is 5.57 Å². The van der Waals surface area contributed by atoms with Crippen LogP contribution < -0.4 is 0 Å². The van der Waals surface area contributed by atoms with E-state index in [0.717, 1.165) is 0 Å². The Hall–Kier alpha value is -0.770. The van der Waals surface area contributed by atoms with Crippen LogP contribution in [0, 0.1) is 17.9 Å². The van der Waals surface area contributed by atoms with Crippen molar-refractivity contribution in [2.45, 2.75) is 13.3 Å². The highest BCUT2D eigenvalue weighted by Gasteiger charge is 1.77. The summed E-state index contributed by atoms with van der Waals surface area (Å²) in [5, 5.41) is 7.92. The Morgan fingerprint density at radius 2 is 2.50 bits per heavy atom. The van der Waals surface area contributed by atoms with E-state index >= 15 is 0 Å². The van der Waals surface area contributed by atoms with Gasteiger partial charge in [0.25, 0.3) is 0 Å². The molecule has 0 spiro atoms. The van der Waals surface area contributed by atoms with Gasteiger partial charge in [-0.15, -0.1) is 0 Å². The van der Waals surface area contributed by atoms with Crippen LogP contribution in [0.4, 0.5) is 0 Å². The van der Waals surface area contributed by atoms with E-state index in [1.165, 1.54) is 0 Å². The molecule has 0 rings (SSSR count). The minimum atomic E-state index is 0.398. The molecule has 0 aromatic rings. The second-order valence-electron chi connectivity index (χ2n) is 0.991. The Kier molecular flexibility index (Phi) is 2.15. The number of nitriles is 1. The minimum absolute atomic E-state index is 0.398. The summed E-state index contributed by atoms with van der Waals surface area (Å²) in [5.74, 6) is 0. The smallest absolute Gasteiger partial charge is 0.0946 e. The van der Waals surface area contributed by atoms with E-state index in [-0.39, 0.29) is 0 Å². The number of hydrogen-bond donors (Lipinski definition) is 0. The van der Waals surface area contributed by atoms with E-state index in [1.54, 1.807) is 0 Å². The fraction of sp³-hybridized carbons (Fsp3) is 0.400. The summed E-state index contributed by atoms with van der Waals surface area (Å²) in [7, 11) is 0. The minimum Gasteiger partial charge on any atom is -0.193 e. The van der Waals surface area contributed by atoms with Gasteiger partial charge < -0.3 is 0 Å². The first-order valence-electron chi connectivity index (χ1n) is 1.82. The van der Waals surface area contributed by atoms with Crippen molar-refractivity contribution in [3.05, 3.63) is 12.2 Å². The van der Waals surface area contributed by atoms with Gasteiger partial charge >= 0.3 is 0 Å². The molecule has 0 saturated heterocycles. The highest BCUT2D eigenvalue weighted by molar-refractivity contribution is 5.12. The third-order valence-corrected chi connectivity index (χ3v) is 0.525. The molecule has 0 fully saturated rings. The molecular formula is C5H6N. The highest BCUT2D eigenvalue weighted by Crippen LogP contribution is 1.88. The average molecular weight is 80.1 g/mol. The zero-order valence-corrected chi connectivity index (χ0v) is 3.73. The van der Waals surface area contributed by atoms with Gasteiger partial charge in [0.05, 0.1) is 6.07 Å². The molecule has 1 nitrogen and oxygen atoms in total. The van der Waals surface area contributed by atoms with Gasteiger partial charge in [0.1, 0.15) is 0 Å². The summed E-state index contributed by atoms with van der Waals surface area (Å²) < 4.78 is 0. The fourth-order valence-electron chi connectivity index (χ4n) is 0.0791. The monoisotopic (exact) mass is 80.1 g/mol. The average Bonchev–Trinajstić information content (AvgIpc) is 1.65. The molecule has 0 aliphatic rings. The molecule has 0 unspecified atom stereocenters. The summed E-state index contributed by atoms with van der Waals surface area (Å²) in [4.78, 5) is 0. The molecule has 0 aliphatic carbocycles. The Labute approximate surface area is 37.9 Å². The second kappa shape index (κ2) is 2.47. The van der Waals surface area contributed by atoms with Crippen molar-refractivity contribution in [3.8, 4) is 6.07 Å². The van der Waals surface area contributed by atoms with Crippen molar-refractivity contribution in [2.24, 2.45) is 0 Å². The molecule has 0 aliphatic heterocycles. The Morgan fingerprint density at radius 3 is 2.50 bits per heavy atom. The van der Waals surface area contributed by atoms with Crippen molar-refractivity contribution < 1.29 is 0 Å². The van der Waals surface area contributed by atoms with Crippen molar-refractivity contribution in [1.82, 2.24) is 0 Å². The van der Waals surface area contributed by atoms with Gasteiger partial charge in [0.15, 0.2) is 0 Å². The quantitative estimate of drug-likeness (QED) is 0.435. The van der Waals surface area contributed by atoms with Gasteiger partial charge in [-0.3, -0.25) is 0 Å². The van der Waals surface area contributed by atoms with Gasteiger partial charge in [-0.2, -0.15) is 5.26 Å². The lowest BCUT2D eigenvalue weighted by atomic mass is 10.3. The molecule has 0 bridgehead atoms. The summed E-state index contributed by atoms with van der Waals surface area (Å²) in [6, 6.07) is 1.81. The third-order valence-electron chi connectivity index (χ3n) is 0.525. The molecule has 0 heterocycles. The van der Waals surface area contributed by atoms with Crippen LogP contribution in [0.5, 0.6) is 0 Å². The van der Waals surface area contributed by atoms with Gasteiger partial charge in [0.2, 0.25) is 0 Å². The van der Waals surface area contributed by atoms with Crippen LogP contribution in [0.15, 0.2) is 5.57 Å². The molecule has 0 atom stereocenters. The second-order valence-corrected chi connectivity index (χ2v) is 0.991. The van der Waals surface area contributed by atoms with Gasteiger partial charge in [-0.05, 0) is 13.0 Å². The first kappa shape index (κ1) is 5.23. The zero-order chi connectivity index (χ0) is 4.99. The van der Waals surface area contributed by atoms with Crippen molar-refractivity contribution in [2.75, 3.05) is 0 Å². The van der Waals surface area contributed by atoms with Crippen LogP contribution >= 0.6 is 0 Å². The van der Waals surface area contributed by atoms with Crippen molar-refractivity contribution in [3.63, 3.8) is 0 Å². The van der Waals surface area contributed by atoms with E-state index in [0.29, 0.717) is 12.0 Å². The van der Waals surface area contributed by atoms with Crippen LogP contribution in [0.25, 0.3) is 0 Å². The first-order chi connectivity index (χ1) is 2.81. The van der Waals surface area contributed by atoms with Crippen LogP contribution in [0.3, 0.4) is 0 Å². The van der Waals surface area contributed by atoms with Crippen molar-refractivity contribution >= 4 is 0 Å². The molecule has 0 aromatic heterocycles. The van der Waals surface area contributed by atoms with Crippen LogP contribution in [0.2, 0.25) is 0 Å². The zero-order valence-electron chi connectivity index (χ0n) is 3.73. The highest BCUT2D eigenvalue weighted by atomic mass is 14.2. The van der Waals surface area contributed by atoms with E-state index in [1.807, 2.05) is 13.0 Å². The summed E-state index contributed by atoms with van der Waals surface area (Å²) in [5.41, 5.74) is 0.398. The summed E-state index contributed by atoms with van der Waals surface area (Å²) >= 11 is 0. The Balaban J connectivity index is 3.33. The van der Waals surface area contributed by atoms with E-state index in [2.05, 4.69) is 0 Å². The van der Waals surface area contributed by atoms with E-state index in [4.69, 9.17) is 11.8 Å². The maximum Gasteiger partial charge on any atom is 0.0946 e. The molecule has 1 heteroatoms. The van der Waals surface area contributed by atoms with Crippen molar-refractivity contribution in [1.29, 1.82) is 5.26 Å². The van der Waals surface area contributed by atoms with Crippen LogP contribution in [0.1, 0.15) is 13.3 Å². The predicted octanol–water partition coefficient (Wildman–Crippen LogP) is 1.28. The van der Waals surface area contributed by atoms with E-state index in [9.17, 15) is 0 Å². The lowest BCUT2D eigenvalue weighted by molar-refractivity contribution is 1.16. The molecule has 0 N–H and O–H groups in total. The summed E-state index contributed by atoms with van der Waals surface area (Å²) in [6.45, 7) is 6.87. The maximum atomic E-state index is 7.92. The topological polar surface area (TPSA) is 23.8 Å². The molecule has 0 amide bonds. The molecule has 0 aromatic carbocycles. The van der Waals surface area contributed by atoms with Gasteiger partial charge in [-0.1, -0.05) is 6.92 Å². The number of nitrogens with zero attached hydrogens (tertiary/aromatic N) is 1. The van der Waals surface area contributed by atoms with Crippen LogP contribution in [-0.2, 0) is 0 Å². The number of hydrogen-bond acceptors (Lipinski definition) is 1. The number of rotatable bonds is 1. The lowest BCUT2D eigenvalue weighted by Gasteiger charge is -1.75. The molecule has 0 saturated carbocycles. The predicted molar refractivity (Wildman–Crippen MR) is 23.7 cm³/mol. The first-order valence-corrected chi connectivity index (χ1v) is 1.82.